The molecule has 3 aromatic rings. The molecule has 6 unspecified atom stereocenters. The number of rotatable bonds is 11. The van der Waals surface area contributed by atoms with E-state index in [1.54, 1.807) is 50.2 Å². The van der Waals surface area contributed by atoms with E-state index >= 15 is 4.39 Å². The van der Waals surface area contributed by atoms with E-state index in [1.807, 2.05) is 4.98 Å². The summed E-state index contributed by atoms with van der Waals surface area (Å²) in [5.41, 5.74) is -5.23. The maximum absolute atomic E-state index is 15.4. The fourth-order valence-corrected chi connectivity index (χ4v) is 5.84. The molecule has 1 aromatic heterocycles. The van der Waals surface area contributed by atoms with E-state index in [4.69, 9.17) is 18.5 Å². The van der Waals surface area contributed by atoms with Crippen molar-refractivity contribution in [1.29, 1.82) is 0 Å². The summed E-state index contributed by atoms with van der Waals surface area (Å²) < 4.78 is 80.3. The van der Waals surface area contributed by atoms with Crippen LogP contribution in [0.3, 0.4) is 0 Å². The van der Waals surface area contributed by atoms with E-state index in [-0.39, 0.29) is 5.75 Å². The fraction of sp³-hybridized carbons (Fsp3) is 0.423. The van der Waals surface area contributed by atoms with Gasteiger partial charge >= 0.3 is 19.4 Å². The molecule has 2 aromatic carbocycles. The Hall–Kier alpha value is -3.49. The van der Waals surface area contributed by atoms with Crippen molar-refractivity contribution in [3.63, 3.8) is 0 Å². The number of nitrogens with zero attached hydrogens (tertiary/aromatic N) is 1. The topological polar surface area (TPSA) is 158 Å². The van der Waals surface area contributed by atoms with Crippen molar-refractivity contribution in [2.45, 2.75) is 63.4 Å². The van der Waals surface area contributed by atoms with Gasteiger partial charge in [0.2, 0.25) is 0 Å². The Labute approximate surface area is 236 Å². The number of carbonyl (C=O) groups is 1. The van der Waals surface area contributed by atoms with E-state index in [0.29, 0.717) is 15.3 Å². The smallest absolute Gasteiger partial charge is 0.459 e. The summed E-state index contributed by atoms with van der Waals surface area (Å²) in [6, 6.07) is 11.0. The average molecular weight is 615 g/mol. The normalized spacial score (nSPS) is 24.5. The Morgan fingerprint density at radius 2 is 1.86 bits per heavy atom. The Balaban J connectivity index is 1.68. The molecule has 1 aliphatic rings. The van der Waals surface area contributed by atoms with Crippen molar-refractivity contribution in [3.8, 4) is 5.75 Å². The van der Waals surface area contributed by atoms with Crippen molar-refractivity contribution >= 4 is 24.5 Å². The molecule has 0 amide bonds. The van der Waals surface area contributed by atoms with Gasteiger partial charge in [-0.05, 0) is 32.2 Å². The summed E-state index contributed by atoms with van der Waals surface area (Å²) >= 11 is 0. The van der Waals surface area contributed by atoms with Gasteiger partial charge in [-0.2, -0.15) is 5.09 Å². The number of H-pyrrole nitrogens is 1. The zero-order valence-corrected chi connectivity index (χ0v) is 23.5. The molecule has 0 saturated carbocycles. The molecule has 0 aliphatic carbocycles. The van der Waals surface area contributed by atoms with Crippen LogP contribution in [0.2, 0.25) is 0 Å². The van der Waals surface area contributed by atoms with Crippen molar-refractivity contribution < 1.29 is 46.2 Å². The highest BCUT2D eigenvalue weighted by molar-refractivity contribution is 7.52. The van der Waals surface area contributed by atoms with Gasteiger partial charge in [0, 0.05) is 17.6 Å². The SMILES string of the molecule is CC(C)OC(=O)C(C)NP(=O)(OCC1(C(F)F)OC(n2ccc(=O)[nH]c2=O)C(O)C1F)Oc1cccc2ccccc12. The Kier molecular flexibility index (Phi) is 9.28. The molecule has 6 atom stereocenters. The molecule has 1 aliphatic heterocycles. The number of esters is 1. The number of aromatic nitrogens is 2. The number of benzene rings is 2. The highest BCUT2D eigenvalue weighted by Crippen LogP contribution is 2.50. The molecule has 1 saturated heterocycles. The number of nitrogens with one attached hydrogen (secondary N) is 2. The number of halogens is 3. The largest absolute Gasteiger partial charge is 0.462 e. The molecule has 16 heteroatoms. The molecule has 228 valence electrons. The highest BCUT2D eigenvalue weighted by Gasteiger charge is 2.63. The quantitative estimate of drug-likeness (QED) is 0.216. The van der Waals surface area contributed by atoms with Crippen molar-refractivity contribution in [2.24, 2.45) is 0 Å². The third-order valence-corrected chi connectivity index (χ3v) is 7.99. The summed E-state index contributed by atoms with van der Waals surface area (Å²) in [6.07, 6.45) is -10.6. The maximum Gasteiger partial charge on any atom is 0.459 e. The minimum Gasteiger partial charge on any atom is -0.462 e. The van der Waals surface area contributed by atoms with Crippen LogP contribution in [-0.4, -0.2) is 63.7 Å². The summed E-state index contributed by atoms with van der Waals surface area (Å²) in [4.78, 5) is 37.9. The third kappa shape index (κ3) is 6.45. The van der Waals surface area contributed by atoms with Gasteiger partial charge < -0.3 is 19.1 Å². The Morgan fingerprint density at radius 3 is 2.52 bits per heavy atom. The summed E-state index contributed by atoms with van der Waals surface area (Å²) in [5.74, 6) is -0.881. The molecule has 12 nitrogen and oxygen atoms in total. The molecular weight excluding hydrogens is 586 g/mol. The van der Waals surface area contributed by atoms with Crippen LogP contribution < -0.4 is 20.9 Å². The minimum absolute atomic E-state index is 0.0127. The lowest BCUT2D eigenvalue weighted by atomic mass is 9.98. The summed E-state index contributed by atoms with van der Waals surface area (Å²) in [5, 5.41) is 13.9. The van der Waals surface area contributed by atoms with Crippen LogP contribution in [0.15, 0.2) is 64.3 Å². The predicted octanol–water partition coefficient (Wildman–Crippen LogP) is 3.05. The lowest BCUT2D eigenvalue weighted by Gasteiger charge is -2.32. The van der Waals surface area contributed by atoms with Crippen molar-refractivity contribution in [2.75, 3.05) is 6.61 Å². The number of ether oxygens (including phenoxy) is 2. The van der Waals surface area contributed by atoms with Crippen LogP contribution in [-0.2, 0) is 23.4 Å². The Bertz CT molecular complexity index is 1590. The van der Waals surface area contributed by atoms with Crippen LogP contribution in [0.5, 0.6) is 5.75 Å². The van der Waals surface area contributed by atoms with Gasteiger partial charge in [0.25, 0.3) is 12.0 Å². The highest BCUT2D eigenvalue weighted by atomic mass is 31.2. The van der Waals surface area contributed by atoms with Crippen molar-refractivity contribution in [3.05, 3.63) is 75.6 Å². The number of aliphatic hydroxyl groups excluding tert-OH is 1. The third-order valence-electron chi connectivity index (χ3n) is 6.38. The average Bonchev–Trinajstić information content (AvgIpc) is 3.18. The summed E-state index contributed by atoms with van der Waals surface area (Å²) in [7, 11) is -4.82. The molecule has 0 radical (unpaired) electrons. The Morgan fingerprint density at radius 1 is 1.17 bits per heavy atom. The van der Waals surface area contributed by atoms with Crippen LogP contribution >= 0.6 is 7.75 Å². The first-order valence-corrected chi connectivity index (χ1v) is 14.3. The van der Waals surface area contributed by atoms with Gasteiger partial charge in [0.15, 0.2) is 18.0 Å². The molecule has 42 heavy (non-hydrogen) atoms. The zero-order valence-electron chi connectivity index (χ0n) is 22.6. The molecule has 2 heterocycles. The van der Waals surface area contributed by atoms with Crippen LogP contribution in [0.4, 0.5) is 13.2 Å². The molecule has 0 spiro atoms. The first kappa shape index (κ1) is 31.4. The van der Waals surface area contributed by atoms with Crippen LogP contribution in [0.25, 0.3) is 10.8 Å². The standard InChI is InChI=1S/C26H29F3N3O9P/c1-14(2)39-23(35)15(3)31-42(37,41-18-10-6-8-16-7-4-5-9-17(16)18)38-13-26(24(28)29)21(27)20(34)22(40-26)32-12-11-19(33)30-25(32)36/h4-12,14-15,20-22,24,34H,13H2,1-3H3,(H,31,37)(H,30,33,36). The second-order valence-electron chi connectivity index (χ2n) is 9.85. The van der Waals surface area contributed by atoms with E-state index in [2.05, 4.69) is 5.09 Å². The minimum atomic E-state index is -4.82. The number of carbonyl (C=O) groups excluding carboxylic acids is 1. The molecule has 1 fully saturated rings. The van der Waals surface area contributed by atoms with Gasteiger partial charge in [-0.25, -0.2) is 22.5 Å². The lowest BCUT2D eigenvalue weighted by Crippen LogP contribution is -2.51. The lowest BCUT2D eigenvalue weighted by molar-refractivity contribution is -0.183. The first-order valence-electron chi connectivity index (χ1n) is 12.8. The van der Waals surface area contributed by atoms with E-state index in [0.717, 1.165) is 12.3 Å². The molecule has 0 bridgehead atoms. The van der Waals surface area contributed by atoms with Gasteiger partial charge in [0.1, 0.15) is 17.9 Å². The molecule has 3 N–H and O–H groups in total. The van der Waals surface area contributed by atoms with Gasteiger partial charge in [-0.15, -0.1) is 0 Å². The number of hydrogen-bond donors (Lipinski definition) is 3. The number of fused-ring (bicyclic) bond motifs is 1. The fourth-order valence-electron chi connectivity index (χ4n) is 4.30. The zero-order chi connectivity index (χ0) is 30.8. The predicted molar refractivity (Wildman–Crippen MR) is 143 cm³/mol. The number of alkyl halides is 3. The first-order chi connectivity index (χ1) is 19.8. The molecule has 4 rings (SSSR count). The number of hydrogen-bond acceptors (Lipinski definition) is 9. The summed E-state index contributed by atoms with van der Waals surface area (Å²) in [6.45, 7) is 2.96. The van der Waals surface area contributed by atoms with E-state index in [1.165, 1.54) is 13.0 Å². The molecular formula is C26H29F3N3O9P. The maximum atomic E-state index is 15.4. The second kappa shape index (κ2) is 12.4. The van der Waals surface area contributed by atoms with Gasteiger partial charge in [-0.1, -0.05) is 36.4 Å². The van der Waals surface area contributed by atoms with Gasteiger partial charge in [-0.3, -0.25) is 23.7 Å². The van der Waals surface area contributed by atoms with E-state index < -0.39 is 74.2 Å². The number of aromatic amines is 1. The van der Waals surface area contributed by atoms with Crippen LogP contribution in [0, 0.1) is 0 Å². The van der Waals surface area contributed by atoms with E-state index in [9.17, 15) is 32.8 Å². The number of aliphatic hydroxyl groups is 1. The van der Waals surface area contributed by atoms with Crippen LogP contribution in [0.1, 0.15) is 27.0 Å². The van der Waals surface area contributed by atoms with Crippen molar-refractivity contribution in [1.82, 2.24) is 14.6 Å². The monoisotopic (exact) mass is 615 g/mol. The van der Waals surface area contributed by atoms with Gasteiger partial charge in [0.05, 0.1) is 12.7 Å². The second-order valence-corrected chi connectivity index (χ2v) is 11.5.